The molecule has 0 aliphatic heterocycles. The van der Waals surface area contributed by atoms with Crippen LogP contribution < -0.4 is 10.1 Å². The zero-order chi connectivity index (χ0) is 17.8. The van der Waals surface area contributed by atoms with E-state index in [2.05, 4.69) is 15.3 Å². The molecule has 0 aromatic carbocycles. The van der Waals surface area contributed by atoms with Crippen LogP contribution >= 0.6 is 23.7 Å². The van der Waals surface area contributed by atoms with Crippen molar-refractivity contribution in [1.82, 2.24) is 9.88 Å². The zero-order valence-corrected chi connectivity index (χ0v) is 18.0. The Hall–Kier alpha value is -0.810. The van der Waals surface area contributed by atoms with Gasteiger partial charge in [0.1, 0.15) is 0 Å². The number of rotatable bonds is 5. The lowest BCUT2D eigenvalue weighted by Gasteiger charge is -2.18. The molecular weight excluding hydrogens is 378 g/mol. The minimum Gasteiger partial charge on any atom is -0.353 e. The Balaban J connectivity index is 0.00000210. The maximum Gasteiger partial charge on any atom is 0.226 e. The summed E-state index contributed by atoms with van der Waals surface area (Å²) in [6.07, 6.45) is 17.0. The number of nitrogens with one attached hydrogen (secondary N) is 1. The number of carbonyl (C=O) groups is 1. The number of carbonyl (C=O) groups excluding carboxylic acids is 1. The first-order valence-corrected chi connectivity index (χ1v) is 11.7. The minimum atomic E-state index is 0. The molecule has 1 amide bonds. The van der Waals surface area contributed by atoms with Gasteiger partial charge in [-0.15, -0.1) is 23.7 Å². The van der Waals surface area contributed by atoms with Crippen LogP contribution in [0.1, 0.15) is 95.2 Å². The summed E-state index contributed by atoms with van der Waals surface area (Å²) >= 11 is 1.75. The normalized spacial score (nSPS) is 22.9. The summed E-state index contributed by atoms with van der Waals surface area (Å²) in [6, 6.07) is 1.48. The van der Waals surface area contributed by atoms with Gasteiger partial charge in [0.05, 0.1) is 12.5 Å². The molecule has 1 aromatic heterocycles. The lowest BCUT2D eigenvalue weighted by atomic mass is 9.96. The summed E-state index contributed by atoms with van der Waals surface area (Å²) < 4.78 is 2.39. The Bertz CT molecular complexity index is 665. The van der Waals surface area contributed by atoms with Crippen molar-refractivity contribution in [2.45, 2.75) is 108 Å². The lowest BCUT2D eigenvalue weighted by Crippen LogP contribution is -2.36. The molecule has 27 heavy (non-hydrogen) atoms. The quantitative estimate of drug-likeness (QED) is 0.686. The van der Waals surface area contributed by atoms with Crippen molar-refractivity contribution in [3.05, 3.63) is 15.9 Å². The second-order valence-electron chi connectivity index (χ2n) is 8.46. The van der Waals surface area contributed by atoms with Gasteiger partial charge in [-0.2, -0.15) is 0 Å². The van der Waals surface area contributed by atoms with Gasteiger partial charge in [-0.3, -0.25) is 9.79 Å². The molecule has 3 aliphatic carbocycles. The summed E-state index contributed by atoms with van der Waals surface area (Å²) in [7, 11) is 0. The van der Waals surface area contributed by atoms with E-state index >= 15 is 0 Å². The maximum atomic E-state index is 12.6. The molecular formula is C21H34ClN3OS. The van der Waals surface area contributed by atoms with Crippen LogP contribution in [0.2, 0.25) is 0 Å². The minimum absolute atomic E-state index is 0. The van der Waals surface area contributed by atoms with Crippen LogP contribution in [0, 0.1) is 0 Å². The first-order chi connectivity index (χ1) is 12.8. The van der Waals surface area contributed by atoms with Gasteiger partial charge in [-0.25, -0.2) is 0 Å². The van der Waals surface area contributed by atoms with Crippen molar-refractivity contribution < 1.29 is 4.79 Å². The molecule has 0 unspecified atom stereocenters. The Morgan fingerprint density at radius 2 is 1.63 bits per heavy atom. The number of nitrogens with zero attached hydrogens (tertiary/aromatic N) is 2. The largest absolute Gasteiger partial charge is 0.353 e. The zero-order valence-electron chi connectivity index (χ0n) is 16.3. The Labute approximate surface area is 173 Å². The highest BCUT2D eigenvalue weighted by atomic mass is 35.5. The maximum absolute atomic E-state index is 12.6. The second kappa shape index (κ2) is 10.1. The molecule has 152 valence electrons. The monoisotopic (exact) mass is 411 g/mol. The fourth-order valence-corrected chi connectivity index (χ4v) is 5.56. The van der Waals surface area contributed by atoms with Crippen molar-refractivity contribution in [3.8, 4) is 0 Å². The third-order valence-corrected chi connectivity index (χ3v) is 7.06. The van der Waals surface area contributed by atoms with E-state index < -0.39 is 0 Å². The van der Waals surface area contributed by atoms with Crippen molar-refractivity contribution >= 4 is 29.7 Å². The van der Waals surface area contributed by atoms with Crippen LogP contribution in [0.4, 0.5) is 0 Å². The number of halogens is 1. The van der Waals surface area contributed by atoms with Crippen LogP contribution in [0.15, 0.2) is 10.4 Å². The fraction of sp³-hybridized carbons (Fsp3) is 0.810. The topological polar surface area (TPSA) is 46.4 Å². The Kier molecular flexibility index (Phi) is 7.83. The molecule has 0 radical (unpaired) electrons. The highest BCUT2D eigenvalue weighted by Gasteiger charge is 2.28. The van der Waals surface area contributed by atoms with Crippen LogP contribution in [-0.2, 0) is 11.2 Å². The average molecular weight is 412 g/mol. The highest BCUT2D eigenvalue weighted by Crippen LogP contribution is 2.35. The number of thiazole rings is 1. The van der Waals surface area contributed by atoms with Crippen molar-refractivity contribution in [3.63, 3.8) is 0 Å². The van der Waals surface area contributed by atoms with E-state index in [0.29, 0.717) is 24.5 Å². The summed E-state index contributed by atoms with van der Waals surface area (Å²) in [5.74, 6) is 0.202. The first-order valence-electron chi connectivity index (χ1n) is 10.8. The second-order valence-corrected chi connectivity index (χ2v) is 9.30. The van der Waals surface area contributed by atoms with Crippen LogP contribution in [0.5, 0.6) is 0 Å². The van der Waals surface area contributed by atoms with E-state index in [0.717, 1.165) is 17.6 Å². The van der Waals surface area contributed by atoms with E-state index in [1.165, 1.54) is 76.3 Å². The molecule has 3 saturated carbocycles. The van der Waals surface area contributed by atoms with Gasteiger partial charge in [0.15, 0.2) is 4.80 Å². The molecule has 0 saturated heterocycles. The number of hydrogen-bond donors (Lipinski definition) is 1. The van der Waals surface area contributed by atoms with Crippen LogP contribution in [-0.4, -0.2) is 22.6 Å². The summed E-state index contributed by atoms with van der Waals surface area (Å²) in [5.41, 5.74) is 1.18. The average Bonchev–Trinajstić information content (AvgIpc) is 3.44. The molecule has 4 rings (SSSR count). The molecule has 6 heteroatoms. The van der Waals surface area contributed by atoms with Crippen molar-refractivity contribution in [2.24, 2.45) is 4.99 Å². The molecule has 3 fully saturated rings. The highest BCUT2D eigenvalue weighted by molar-refractivity contribution is 7.07. The van der Waals surface area contributed by atoms with Crippen molar-refractivity contribution in [1.29, 1.82) is 0 Å². The molecule has 0 bridgehead atoms. The molecule has 0 spiro atoms. The standard InChI is InChI=1S/C21H33N3OS.ClH/c25-20(22-16-8-4-1-2-5-9-16)14-19-15-26-21(24(19)18-12-13-18)23-17-10-6-3-7-11-17;/h15-18H,1-14H2,(H,22,25);1H. The van der Waals surface area contributed by atoms with Gasteiger partial charge >= 0.3 is 0 Å². The van der Waals surface area contributed by atoms with E-state index in [1.807, 2.05) is 0 Å². The third kappa shape index (κ3) is 5.83. The van der Waals surface area contributed by atoms with Crippen molar-refractivity contribution in [2.75, 3.05) is 0 Å². The number of hydrogen-bond acceptors (Lipinski definition) is 3. The van der Waals surface area contributed by atoms with Crippen LogP contribution in [0.3, 0.4) is 0 Å². The number of amides is 1. The SMILES string of the molecule is Cl.O=C(Cc1csc(=NC2CCCCC2)n1C1CC1)NC1CCCCCC1. The molecule has 1 N–H and O–H groups in total. The Morgan fingerprint density at radius 3 is 2.30 bits per heavy atom. The molecule has 1 aromatic rings. The van der Waals surface area contributed by atoms with Gasteiger partial charge in [0.25, 0.3) is 0 Å². The molecule has 0 atom stereocenters. The Morgan fingerprint density at radius 1 is 1.00 bits per heavy atom. The van der Waals surface area contributed by atoms with Gasteiger partial charge in [-0.05, 0) is 38.5 Å². The van der Waals surface area contributed by atoms with Gasteiger partial charge in [0, 0.05) is 23.2 Å². The van der Waals surface area contributed by atoms with Gasteiger partial charge < -0.3 is 9.88 Å². The van der Waals surface area contributed by atoms with Gasteiger partial charge in [0.2, 0.25) is 5.91 Å². The number of aromatic nitrogens is 1. The molecule has 4 nitrogen and oxygen atoms in total. The summed E-state index contributed by atoms with van der Waals surface area (Å²) in [5, 5.41) is 5.49. The van der Waals surface area contributed by atoms with Gasteiger partial charge in [-0.1, -0.05) is 44.9 Å². The van der Waals surface area contributed by atoms with E-state index in [9.17, 15) is 4.79 Å². The third-order valence-electron chi connectivity index (χ3n) is 6.16. The smallest absolute Gasteiger partial charge is 0.226 e. The van der Waals surface area contributed by atoms with Crippen LogP contribution in [0.25, 0.3) is 0 Å². The predicted octanol–water partition coefficient (Wildman–Crippen LogP) is 4.92. The van der Waals surface area contributed by atoms with E-state index in [4.69, 9.17) is 4.99 Å². The molecule has 3 aliphatic rings. The first kappa shape index (κ1) is 20.9. The summed E-state index contributed by atoms with van der Waals surface area (Å²) in [6.45, 7) is 0. The molecule has 1 heterocycles. The predicted molar refractivity (Wildman–Crippen MR) is 114 cm³/mol. The van der Waals surface area contributed by atoms with E-state index in [-0.39, 0.29) is 18.3 Å². The summed E-state index contributed by atoms with van der Waals surface area (Å²) in [4.78, 5) is 18.9. The van der Waals surface area contributed by atoms with E-state index in [1.54, 1.807) is 11.3 Å². The lowest BCUT2D eigenvalue weighted by molar-refractivity contribution is -0.121. The fourth-order valence-electron chi connectivity index (χ4n) is 4.53.